The summed E-state index contributed by atoms with van der Waals surface area (Å²) in [7, 11) is 1.29. The average molecular weight is 273 g/mol. The summed E-state index contributed by atoms with van der Waals surface area (Å²) in [5.74, 6) is 0.484. The average Bonchev–Trinajstić information content (AvgIpc) is 2.80. The van der Waals surface area contributed by atoms with Crippen molar-refractivity contribution >= 4 is 29.3 Å². The molecule has 0 spiro atoms. The molecule has 4 nitrogen and oxygen atoms in total. The van der Waals surface area contributed by atoms with E-state index in [0.29, 0.717) is 5.76 Å². The predicted molar refractivity (Wildman–Crippen MR) is 73.1 cm³/mol. The second kappa shape index (κ2) is 4.78. The van der Waals surface area contributed by atoms with Crippen LogP contribution in [0.25, 0.3) is 11.8 Å². The smallest absolute Gasteiger partial charge is 0.437 e. The molecule has 1 aromatic rings. The highest BCUT2D eigenvalue weighted by Gasteiger charge is 2.20. The summed E-state index contributed by atoms with van der Waals surface area (Å²) in [4.78, 5) is 13.3. The van der Waals surface area contributed by atoms with E-state index in [1.165, 1.54) is 7.11 Å². The zero-order valence-corrected chi connectivity index (χ0v) is 11.0. The molecule has 0 atom stereocenters. The van der Waals surface area contributed by atoms with Crippen LogP contribution in [-0.2, 0) is 9.47 Å². The highest BCUT2D eigenvalue weighted by molar-refractivity contribution is 7.07. The van der Waals surface area contributed by atoms with Gasteiger partial charge in [-0.25, -0.2) is 4.79 Å². The number of allylic oxidation sites excluding steroid dienone is 3. The molecular weight excluding hydrogens is 262 g/mol. The van der Waals surface area contributed by atoms with Crippen LogP contribution in [0.4, 0.5) is 4.79 Å². The maximum atomic E-state index is 11.3. The van der Waals surface area contributed by atoms with E-state index in [2.05, 4.69) is 4.74 Å². The molecule has 0 unspecified atom stereocenters. The van der Waals surface area contributed by atoms with E-state index in [1.54, 1.807) is 17.4 Å². The third kappa shape index (κ3) is 2.08. The van der Waals surface area contributed by atoms with Crippen LogP contribution in [0, 0.1) is 0 Å². The van der Waals surface area contributed by atoms with Gasteiger partial charge >= 0.3 is 6.16 Å². The van der Waals surface area contributed by atoms with E-state index in [-0.39, 0.29) is 0 Å². The molecule has 2 aliphatic rings. The Bertz CT molecular complexity index is 724. The first kappa shape index (κ1) is 11.8. The fourth-order valence-corrected chi connectivity index (χ4v) is 2.89. The second-order valence-electron chi connectivity index (χ2n) is 3.90. The van der Waals surface area contributed by atoms with Crippen LogP contribution >= 0.6 is 11.3 Å². The molecular formula is C14H11NO3S. The van der Waals surface area contributed by atoms with Crippen molar-refractivity contribution in [3.05, 3.63) is 57.6 Å². The normalized spacial score (nSPS) is 15.9. The molecule has 0 radical (unpaired) electrons. The van der Waals surface area contributed by atoms with Crippen LogP contribution < -0.4 is 9.75 Å². The molecule has 3 rings (SSSR count). The zero-order valence-electron chi connectivity index (χ0n) is 10.2. The summed E-state index contributed by atoms with van der Waals surface area (Å²) in [6.07, 6.45) is 10.7. The maximum absolute atomic E-state index is 11.3. The number of carbonyl (C=O) groups excluding carboxylic acids is 1. The summed E-state index contributed by atoms with van der Waals surface area (Å²) >= 11 is 1.61. The van der Waals surface area contributed by atoms with Crippen molar-refractivity contribution in [2.45, 2.75) is 0 Å². The van der Waals surface area contributed by atoms with Crippen molar-refractivity contribution in [1.82, 2.24) is 4.90 Å². The Morgan fingerprint density at radius 2 is 2.05 bits per heavy atom. The number of ether oxygens (including phenoxy) is 2. The Balaban J connectivity index is 2.17. The largest absolute Gasteiger partial charge is 0.513 e. The van der Waals surface area contributed by atoms with E-state index in [9.17, 15) is 4.79 Å². The maximum Gasteiger partial charge on any atom is 0.513 e. The lowest BCUT2D eigenvalue weighted by molar-refractivity contribution is 0.0995. The molecule has 0 saturated heterocycles. The summed E-state index contributed by atoms with van der Waals surface area (Å²) in [5.41, 5.74) is 0.850. The van der Waals surface area contributed by atoms with Gasteiger partial charge in [-0.2, -0.15) is 0 Å². The number of rotatable bonds is 1. The number of hydrogen-bond donors (Lipinski definition) is 0. The number of nitrogens with zero attached hydrogens (tertiary/aromatic N) is 1. The molecule has 96 valence electrons. The lowest BCUT2D eigenvalue weighted by atomic mass is 10.2. The molecule has 19 heavy (non-hydrogen) atoms. The third-order valence-electron chi connectivity index (χ3n) is 2.78. The summed E-state index contributed by atoms with van der Waals surface area (Å²) in [6.45, 7) is 0. The van der Waals surface area contributed by atoms with Crippen LogP contribution in [-0.4, -0.2) is 18.2 Å². The number of fused-ring (bicyclic) bond motifs is 2. The number of methoxy groups -OCH3 is 1. The molecule has 0 aliphatic carbocycles. The highest BCUT2D eigenvalue weighted by Crippen LogP contribution is 2.23. The van der Waals surface area contributed by atoms with Crippen LogP contribution in [0.3, 0.4) is 0 Å². The van der Waals surface area contributed by atoms with Crippen LogP contribution in [0.5, 0.6) is 0 Å². The molecule has 0 N–H and O–H groups in total. The molecule has 0 bridgehead atoms. The van der Waals surface area contributed by atoms with Gasteiger partial charge in [-0.3, -0.25) is 0 Å². The molecule has 1 aromatic heterocycles. The quantitative estimate of drug-likeness (QED) is 0.730. The molecule has 3 heterocycles. The van der Waals surface area contributed by atoms with Gasteiger partial charge in [0.2, 0.25) is 0 Å². The second-order valence-corrected chi connectivity index (χ2v) is 4.81. The van der Waals surface area contributed by atoms with Crippen LogP contribution in [0.15, 0.2) is 47.8 Å². The fraction of sp³-hybridized carbons (Fsp3) is 0.0714. The molecule has 0 saturated carbocycles. The lowest BCUT2D eigenvalue weighted by Gasteiger charge is -2.22. The molecule has 0 aromatic carbocycles. The molecule has 0 amide bonds. The Hall–Kier alpha value is -2.27. The standard InChI is InChI=1S/C14H11NO3S/c1-17-14(16)18-11-5-3-8-15-7-2-4-10-6-9-19-13(10)12(11)15/h2-9H,1H3. The third-order valence-corrected chi connectivity index (χ3v) is 3.72. The van der Waals surface area contributed by atoms with E-state index in [4.69, 9.17) is 4.74 Å². The van der Waals surface area contributed by atoms with Crippen LogP contribution in [0.2, 0.25) is 0 Å². The Morgan fingerprint density at radius 3 is 2.84 bits per heavy atom. The van der Waals surface area contributed by atoms with Gasteiger partial charge in [0, 0.05) is 12.4 Å². The Kier molecular flexibility index (Phi) is 2.97. The van der Waals surface area contributed by atoms with Crippen molar-refractivity contribution in [3.63, 3.8) is 0 Å². The fourth-order valence-electron chi connectivity index (χ4n) is 1.95. The molecule has 0 fully saturated rings. The summed E-state index contributed by atoms with van der Waals surface area (Å²) in [6, 6.07) is 2.04. The van der Waals surface area contributed by atoms with Crippen molar-refractivity contribution < 1.29 is 14.3 Å². The number of carbonyl (C=O) groups is 1. The van der Waals surface area contributed by atoms with Crippen LogP contribution in [0.1, 0.15) is 0 Å². The minimum absolute atomic E-state index is 0.484. The van der Waals surface area contributed by atoms with E-state index < -0.39 is 6.16 Å². The first-order valence-electron chi connectivity index (χ1n) is 5.69. The van der Waals surface area contributed by atoms with Crippen molar-refractivity contribution in [2.75, 3.05) is 7.11 Å². The minimum Gasteiger partial charge on any atom is -0.437 e. The SMILES string of the molecule is COC(=O)OC1=CC=CN2C=CC=c3ccsc3=C12. The summed E-state index contributed by atoms with van der Waals surface area (Å²) < 4.78 is 10.8. The van der Waals surface area contributed by atoms with Gasteiger partial charge in [-0.15, -0.1) is 11.3 Å². The minimum atomic E-state index is -0.718. The highest BCUT2D eigenvalue weighted by atomic mass is 32.1. The van der Waals surface area contributed by atoms with Gasteiger partial charge in [0.25, 0.3) is 0 Å². The molecule has 2 aliphatic heterocycles. The van der Waals surface area contributed by atoms with Gasteiger partial charge in [-0.05, 0) is 34.9 Å². The van der Waals surface area contributed by atoms with Gasteiger partial charge in [0.1, 0.15) is 5.70 Å². The molecule has 5 heteroatoms. The van der Waals surface area contributed by atoms with Gasteiger partial charge in [-0.1, -0.05) is 6.08 Å². The number of thiophene rings is 1. The first-order chi connectivity index (χ1) is 9.29. The van der Waals surface area contributed by atoms with Crippen molar-refractivity contribution in [3.8, 4) is 0 Å². The van der Waals surface area contributed by atoms with Gasteiger partial charge in [0.05, 0.1) is 11.6 Å². The van der Waals surface area contributed by atoms with Gasteiger partial charge in [0.15, 0.2) is 5.76 Å². The zero-order chi connectivity index (χ0) is 13.2. The summed E-state index contributed by atoms with van der Waals surface area (Å²) in [5, 5.41) is 3.12. The van der Waals surface area contributed by atoms with E-state index >= 15 is 0 Å². The Labute approximate surface area is 113 Å². The van der Waals surface area contributed by atoms with Crippen molar-refractivity contribution in [1.29, 1.82) is 0 Å². The Morgan fingerprint density at radius 1 is 1.26 bits per heavy atom. The topological polar surface area (TPSA) is 38.8 Å². The van der Waals surface area contributed by atoms with E-state index in [1.807, 2.05) is 47.0 Å². The van der Waals surface area contributed by atoms with Crippen molar-refractivity contribution in [2.24, 2.45) is 0 Å². The lowest BCUT2D eigenvalue weighted by Crippen LogP contribution is -2.28. The van der Waals surface area contributed by atoms with E-state index in [0.717, 1.165) is 15.4 Å². The number of hydrogen-bond acceptors (Lipinski definition) is 5. The predicted octanol–water partition coefficient (Wildman–Crippen LogP) is 1.66. The monoisotopic (exact) mass is 273 g/mol. The first-order valence-corrected chi connectivity index (χ1v) is 6.57. The van der Waals surface area contributed by atoms with Gasteiger partial charge < -0.3 is 14.4 Å².